The van der Waals surface area contributed by atoms with E-state index in [1.54, 1.807) is 29.9 Å². The minimum absolute atomic E-state index is 0.00338. The Morgan fingerprint density at radius 2 is 1.72 bits per heavy atom. The molecule has 0 radical (unpaired) electrons. The summed E-state index contributed by atoms with van der Waals surface area (Å²) in [4.78, 5) is 16.2. The molecule has 0 unspecified atom stereocenters. The maximum Gasteiger partial charge on any atom is 0.250 e. The Kier molecular flexibility index (Phi) is 8.08. The third kappa shape index (κ3) is 6.74. The molecule has 0 fully saturated rings. The minimum atomic E-state index is 0.00338. The van der Waals surface area contributed by atoms with Crippen molar-refractivity contribution in [2.75, 3.05) is 7.05 Å². The molecule has 6 heteroatoms. The van der Waals surface area contributed by atoms with Crippen LogP contribution < -0.4 is 20.9 Å². The highest BCUT2D eigenvalue weighted by Crippen LogP contribution is 2.21. The first-order valence-corrected chi connectivity index (χ1v) is 10.9. The van der Waals surface area contributed by atoms with Gasteiger partial charge in [-0.1, -0.05) is 42.5 Å². The number of aryl methyl sites for hydroxylation is 1. The summed E-state index contributed by atoms with van der Waals surface area (Å²) in [6.07, 6.45) is 1.93. The predicted octanol–water partition coefficient (Wildman–Crippen LogP) is 3.86. The second kappa shape index (κ2) is 11.2. The Bertz CT molecular complexity index is 1100. The first kappa shape index (κ1) is 23.1. The Labute approximate surface area is 190 Å². The van der Waals surface area contributed by atoms with Crippen molar-refractivity contribution in [2.45, 2.75) is 46.5 Å². The van der Waals surface area contributed by atoms with Gasteiger partial charge in [0, 0.05) is 38.0 Å². The Morgan fingerprint density at radius 1 is 1.00 bits per heavy atom. The SMILES string of the molecule is CN=C(NCc1ccc(Cn2ccccc2=O)cc1)NCc1ccc(C)cc1OC(C)C. The van der Waals surface area contributed by atoms with Gasteiger partial charge in [-0.3, -0.25) is 9.79 Å². The summed E-state index contributed by atoms with van der Waals surface area (Å²) in [5.41, 5.74) is 4.49. The van der Waals surface area contributed by atoms with Crippen LogP contribution in [0.1, 0.15) is 36.1 Å². The Morgan fingerprint density at radius 3 is 2.41 bits per heavy atom. The zero-order chi connectivity index (χ0) is 22.9. The number of nitrogens with zero attached hydrogens (tertiary/aromatic N) is 2. The molecule has 0 aliphatic carbocycles. The monoisotopic (exact) mass is 432 g/mol. The molecule has 0 atom stereocenters. The van der Waals surface area contributed by atoms with E-state index in [9.17, 15) is 4.79 Å². The summed E-state index contributed by atoms with van der Waals surface area (Å²) >= 11 is 0. The molecule has 168 valence electrons. The average molecular weight is 433 g/mol. The number of aliphatic imine (C=N–C) groups is 1. The summed E-state index contributed by atoms with van der Waals surface area (Å²) in [6.45, 7) is 7.95. The van der Waals surface area contributed by atoms with Crippen molar-refractivity contribution >= 4 is 5.96 Å². The zero-order valence-electron chi connectivity index (χ0n) is 19.3. The number of benzene rings is 2. The van der Waals surface area contributed by atoms with E-state index < -0.39 is 0 Å². The van der Waals surface area contributed by atoms with Crippen molar-refractivity contribution in [1.29, 1.82) is 0 Å². The van der Waals surface area contributed by atoms with E-state index in [4.69, 9.17) is 4.74 Å². The van der Waals surface area contributed by atoms with Crippen LogP contribution in [0.3, 0.4) is 0 Å². The van der Waals surface area contributed by atoms with E-state index in [0.29, 0.717) is 19.6 Å². The molecule has 0 amide bonds. The molecule has 0 saturated carbocycles. The first-order valence-electron chi connectivity index (χ1n) is 10.9. The molecule has 0 aliphatic heterocycles. The van der Waals surface area contributed by atoms with Crippen LogP contribution in [0.5, 0.6) is 5.75 Å². The molecule has 0 bridgehead atoms. The number of ether oxygens (including phenoxy) is 1. The van der Waals surface area contributed by atoms with Crippen molar-refractivity contribution < 1.29 is 4.74 Å². The summed E-state index contributed by atoms with van der Waals surface area (Å²) < 4.78 is 7.66. The summed E-state index contributed by atoms with van der Waals surface area (Å²) in [5, 5.41) is 6.71. The zero-order valence-corrected chi connectivity index (χ0v) is 19.3. The van der Waals surface area contributed by atoms with Crippen LogP contribution in [0.4, 0.5) is 0 Å². The lowest BCUT2D eigenvalue weighted by atomic mass is 10.1. The van der Waals surface area contributed by atoms with Crippen molar-refractivity contribution in [3.63, 3.8) is 0 Å². The van der Waals surface area contributed by atoms with E-state index in [1.807, 2.05) is 19.9 Å². The van der Waals surface area contributed by atoms with Gasteiger partial charge in [-0.15, -0.1) is 0 Å². The molecular weight excluding hydrogens is 400 g/mol. The first-order chi connectivity index (χ1) is 15.4. The van der Waals surface area contributed by atoms with Gasteiger partial charge < -0.3 is 19.9 Å². The fourth-order valence-electron chi connectivity index (χ4n) is 3.31. The van der Waals surface area contributed by atoms with Gasteiger partial charge in [-0.2, -0.15) is 0 Å². The Hall–Kier alpha value is -3.54. The molecule has 3 rings (SSSR count). The molecule has 32 heavy (non-hydrogen) atoms. The van der Waals surface area contributed by atoms with E-state index in [0.717, 1.165) is 28.4 Å². The van der Waals surface area contributed by atoms with Gasteiger partial charge in [0.15, 0.2) is 5.96 Å². The van der Waals surface area contributed by atoms with Gasteiger partial charge in [0.2, 0.25) is 0 Å². The lowest BCUT2D eigenvalue weighted by molar-refractivity contribution is 0.239. The number of pyridine rings is 1. The van der Waals surface area contributed by atoms with Gasteiger partial charge in [0.05, 0.1) is 12.6 Å². The molecule has 0 aliphatic rings. The number of guanidine groups is 1. The van der Waals surface area contributed by atoms with Gasteiger partial charge in [0.1, 0.15) is 5.75 Å². The van der Waals surface area contributed by atoms with E-state index in [1.165, 1.54) is 5.56 Å². The molecule has 0 saturated heterocycles. The fraction of sp³-hybridized carbons (Fsp3) is 0.308. The molecule has 2 aromatic carbocycles. The quantitative estimate of drug-likeness (QED) is 0.419. The highest BCUT2D eigenvalue weighted by atomic mass is 16.5. The van der Waals surface area contributed by atoms with Crippen molar-refractivity contribution in [3.8, 4) is 5.75 Å². The number of hydrogen-bond acceptors (Lipinski definition) is 3. The number of hydrogen-bond donors (Lipinski definition) is 2. The standard InChI is InChI=1S/C26H32N4O2/c1-19(2)32-24-15-20(3)8-13-23(24)17-29-26(27-4)28-16-21-9-11-22(12-10-21)18-30-14-6-5-7-25(30)31/h5-15,19H,16-18H2,1-4H3,(H2,27,28,29). The number of rotatable bonds is 8. The molecule has 6 nitrogen and oxygen atoms in total. The van der Waals surface area contributed by atoms with Crippen molar-refractivity contribution in [2.24, 2.45) is 4.99 Å². The minimum Gasteiger partial charge on any atom is -0.491 e. The van der Waals surface area contributed by atoms with Gasteiger partial charge >= 0.3 is 0 Å². The highest BCUT2D eigenvalue weighted by Gasteiger charge is 2.08. The molecule has 1 aromatic heterocycles. The van der Waals surface area contributed by atoms with Gasteiger partial charge in [0.25, 0.3) is 5.56 Å². The molecule has 0 spiro atoms. The van der Waals surface area contributed by atoms with Crippen LogP contribution in [-0.2, 0) is 19.6 Å². The average Bonchev–Trinajstić information content (AvgIpc) is 2.77. The summed E-state index contributed by atoms with van der Waals surface area (Å²) in [6, 6.07) is 19.7. The lowest BCUT2D eigenvalue weighted by Gasteiger charge is -2.17. The molecule has 2 N–H and O–H groups in total. The van der Waals surface area contributed by atoms with Crippen LogP contribution in [0.15, 0.2) is 76.6 Å². The lowest BCUT2D eigenvalue weighted by Crippen LogP contribution is -2.36. The maximum atomic E-state index is 11.9. The second-order valence-electron chi connectivity index (χ2n) is 8.04. The molecule has 1 heterocycles. The smallest absolute Gasteiger partial charge is 0.250 e. The number of aromatic nitrogens is 1. The van der Waals surface area contributed by atoms with Crippen LogP contribution in [0, 0.1) is 6.92 Å². The van der Waals surface area contributed by atoms with Gasteiger partial charge in [-0.05, 0) is 49.6 Å². The van der Waals surface area contributed by atoms with E-state index >= 15 is 0 Å². The summed E-state index contributed by atoms with van der Waals surface area (Å²) in [7, 11) is 1.76. The van der Waals surface area contributed by atoms with Crippen LogP contribution in [-0.4, -0.2) is 23.7 Å². The number of nitrogens with one attached hydrogen (secondary N) is 2. The maximum absolute atomic E-state index is 11.9. The highest BCUT2D eigenvalue weighted by molar-refractivity contribution is 5.79. The van der Waals surface area contributed by atoms with Crippen LogP contribution in [0.25, 0.3) is 0 Å². The topological polar surface area (TPSA) is 67.7 Å². The molecular formula is C26H32N4O2. The summed E-state index contributed by atoms with van der Waals surface area (Å²) in [5.74, 6) is 1.62. The van der Waals surface area contributed by atoms with Crippen LogP contribution >= 0.6 is 0 Å². The Balaban J connectivity index is 1.55. The largest absolute Gasteiger partial charge is 0.491 e. The third-order valence-corrected chi connectivity index (χ3v) is 4.99. The van der Waals surface area contributed by atoms with E-state index in [-0.39, 0.29) is 11.7 Å². The molecule has 3 aromatic rings. The van der Waals surface area contributed by atoms with Crippen molar-refractivity contribution in [3.05, 3.63) is 99.5 Å². The van der Waals surface area contributed by atoms with Gasteiger partial charge in [-0.25, -0.2) is 0 Å². The van der Waals surface area contributed by atoms with Crippen LogP contribution in [0.2, 0.25) is 0 Å². The fourth-order valence-corrected chi connectivity index (χ4v) is 3.31. The second-order valence-corrected chi connectivity index (χ2v) is 8.04. The van der Waals surface area contributed by atoms with E-state index in [2.05, 4.69) is 65.0 Å². The predicted molar refractivity (Wildman–Crippen MR) is 130 cm³/mol. The third-order valence-electron chi connectivity index (χ3n) is 4.99. The normalized spacial score (nSPS) is 11.5. The van der Waals surface area contributed by atoms with Crippen molar-refractivity contribution in [1.82, 2.24) is 15.2 Å².